The van der Waals surface area contributed by atoms with Gasteiger partial charge in [-0.2, -0.15) is 0 Å². The van der Waals surface area contributed by atoms with Crippen LogP contribution in [0.15, 0.2) is 18.2 Å². The maximum Gasteiger partial charge on any atom is 0.258 e. The van der Waals surface area contributed by atoms with Gasteiger partial charge in [-0.1, -0.05) is 12.1 Å². The highest BCUT2D eigenvalue weighted by Crippen LogP contribution is 2.29. The number of amides is 1. The molecule has 0 heterocycles. The minimum absolute atomic E-state index is 0.0696. The maximum atomic E-state index is 11.6. The van der Waals surface area contributed by atoms with E-state index in [2.05, 4.69) is 11.4 Å². The summed E-state index contributed by atoms with van der Waals surface area (Å²) >= 11 is 0. The Kier molecular flexibility index (Phi) is 5.21. The number of aryl methyl sites for hydroxylation is 1. The summed E-state index contributed by atoms with van der Waals surface area (Å²) in [5.41, 5.74) is 2.64. The van der Waals surface area contributed by atoms with Crippen LogP contribution in [0.25, 0.3) is 0 Å². The second kappa shape index (κ2) is 7.14. The van der Waals surface area contributed by atoms with Gasteiger partial charge in [0.05, 0.1) is 6.61 Å². The van der Waals surface area contributed by atoms with Crippen LogP contribution >= 0.6 is 0 Å². The first-order valence-corrected chi connectivity index (χ1v) is 6.80. The Morgan fingerprint density at radius 2 is 2.16 bits per heavy atom. The second-order valence-electron chi connectivity index (χ2n) is 4.73. The molecule has 2 rings (SSSR count). The van der Waals surface area contributed by atoms with Crippen LogP contribution in [-0.2, 0) is 22.4 Å². The quantitative estimate of drug-likeness (QED) is 0.795. The van der Waals surface area contributed by atoms with Gasteiger partial charge in [0.1, 0.15) is 5.75 Å². The molecule has 0 bridgehead atoms. The highest BCUT2D eigenvalue weighted by molar-refractivity contribution is 5.77. The number of carbonyl (C=O) groups is 1. The molecule has 1 aromatic carbocycles. The van der Waals surface area contributed by atoms with Crippen LogP contribution in [0.4, 0.5) is 0 Å². The van der Waals surface area contributed by atoms with Gasteiger partial charge < -0.3 is 14.8 Å². The number of hydrogen-bond donors (Lipinski definition) is 1. The summed E-state index contributed by atoms with van der Waals surface area (Å²) in [7, 11) is 1.61. The zero-order valence-corrected chi connectivity index (χ0v) is 11.4. The molecule has 1 N–H and O–H groups in total. The van der Waals surface area contributed by atoms with Gasteiger partial charge >= 0.3 is 0 Å². The van der Waals surface area contributed by atoms with Gasteiger partial charge in [-0.3, -0.25) is 4.79 Å². The van der Waals surface area contributed by atoms with Gasteiger partial charge in [-0.05, 0) is 42.9 Å². The van der Waals surface area contributed by atoms with Crippen LogP contribution in [0, 0.1) is 0 Å². The van der Waals surface area contributed by atoms with Crippen molar-refractivity contribution >= 4 is 5.91 Å². The Balaban J connectivity index is 1.87. The van der Waals surface area contributed by atoms with Crippen molar-refractivity contribution in [2.24, 2.45) is 0 Å². The number of ether oxygens (including phenoxy) is 2. The van der Waals surface area contributed by atoms with Gasteiger partial charge in [0.2, 0.25) is 0 Å². The van der Waals surface area contributed by atoms with Crippen molar-refractivity contribution in [2.45, 2.75) is 25.7 Å². The third-order valence-electron chi connectivity index (χ3n) is 3.34. The molecule has 0 unspecified atom stereocenters. The molecule has 0 atom stereocenters. The second-order valence-corrected chi connectivity index (χ2v) is 4.73. The molecule has 0 radical (unpaired) electrons. The number of benzene rings is 1. The minimum atomic E-state index is -0.106. The zero-order chi connectivity index (χ0) is 13.5. The lowest BCUT2D eigenvalue weighted by Crippen LogP contribution is -2.31. The van der Waals surface area contributed by atoms with Crippen LogP contribution in [0.1, 0.15) is 24.0 Å². The number of carbonyl (C=O) groups excluding carboxylic acids is 1. The molecule has 19 heavy (non-hydrogen) atoms. The molecule has 0 fully saturated rings. The first-order valence-electron chi connectivity index (χ1n) is 6.80. The molecule has 0 aromatic heterocycles. The fraction of sp³-hybridized carbons (Fsp3) is 0.533. The Labute approximate surface area is 114 Å². The Morgan fingerprint density at radius 1 is 1.32 bits per heavy atom. The van der Waals surface area contributed by atoms with Gasteiger partial charge in [0.15, 0.2) is 6.61 Å². The Bertz CT molecular complexity index is 431. The van der Waals surface area contributed by atoms with E-state index in [1.54, 1.807) is 7.11 Å². The lowest BCUT2D eigenvalue weighted by Gasteiger charge is -2.19. The van der Waals surface area contributed by atoms with Gasteiger partial charge in [0, 0.05) is 13.7 Å². The van der Waals surface area contributed by atoms with Crippen molar-refractivity contribution in [1.82, 2.24) is 5.32 Å². The molecule has 1 aliphatic rings. The van der Waals surface area contributed by atoms with E-state index in [0.29, 0.717) is 13.2 Å². The fourth-order valence-corrected chi connectivity index (χ4v) is 2.37. The van der Waals surface area contributed by atoms with E-state index in [4.69, 9.17) is 9.47 Å². The number of fused-ring (bicyclic) bond motifs is 1. The predicted octanol–water partition coefficient (Wildman–Crippen LogP) is 1.71. The third kappa shape index (κ3) is 3.96. The molecule has 4 heteroatoms. The lowest BCUT2D eigenvalue weighted by atomic mass is 9.91. The van der Waals surface area contributed by atoms with E-state index in [1.807, 2.05) is 12.1 Å². The third-order valence-corrected chi connectivity index (χ3v) is 3.34. The van der Waals surface area contributed by atoms with E-state index in [-0.39, 0.29) is 12.5 Å². The van der Waals surface area contributed by atoms with Crippen LogP contribution < -0.4 is 10.1 Å². The molecule has 0 spiro atoms. The predicted molar refractivity (Wildman–Crippen MR) is 73.5 cm³/mol. The van der Waals surface area contributed by atoms with E-state index >= 15 is 0 Å². The summed E-state index contributed by atoms with van der Waals surface area (Å²) in [4.78, 5) is 11.6. The number of methoxy groups -OCH3 is 1. The largest absolute Gasteiger partial charge is 0.483 e. The molecule has 1 aliphatic carbocycles. The monoisotopic (exact) mass is 263 g/mol. The topological polar surface area (TPSA) is 47.6 Å². The smallest absolute Gasteiger partial charge is 0.258 e. The van der Waals surface area contributed by atoms with Crippen molar-refractivity contribution in [3.05, 3.63) is 29.3 Å². The minimum Gasteiger partial charge on any atom is -0.483 e. The van der Waals surface area contributed by atoms with E-state index in [1.165, 1.54) is 24.0 Å². The summed E-state index contributed by atoms with van der Waals surface area (Å²) in [5, 5.41) is 2.74. The maximum absolute atomic E-state index is 11.6. The number of rotatable bonds is 6. The molecule has 1 amide bonds. The highest BCUT2D eigenvalue weighted by atomic mass is 16.5. The van der Waals surface area contributed by atoms with Gasteiger partial charge in [-0.25, -0.2) is 0 Å². The fourth-order valence-electron chi connectivity index (χ4n) is 2.37. The van der Waals surface area contributed by atoms with Crippen molar-refractivity contribution in [1.29, 1.82) is 0 Å². The van der Waals surface area contributed by atoms with Crippen LogP contribution in [-0.4, -0.2) is 32.8 Å². The van der Waals surface area contributed by atoms with Crippen molar-refractivity contribution < 1.29 is 14.3 Å². The lowest BCUT2D eigenvalue weighted by molar-refractivity contribution is -0.123. The summed E-state index contributed by atoms with van der Waals surface area (Å²) in [6.07, 6.45) is 4.62. The molecule has 0 saturated heterocycles. The molecule has 0 saturated carbocycles. The first kappa shape index (κ1) is 13.9. The van der Waals surface area contributed by atoms with Crippen LogP contribution in [0.2, 0.25) is 0 Å². The van der Waals surface area contributed by atoms with Crippen molar-refractivity contribution in [3.63, 3.8) is 0 Å². The molecular formula is C15H21NO3. The summed E-state index contributed by atoms with van der Waals surface area (Å²) in [6, 6.07) is 6.11. The highest BCUT2D eigenvalue weighted by Gasteiger charge is 2.14. The first-order chi connectivity index (χ1) is 9.31. The Morgan fingerprint density at radius 3 is 3.00 bits per heavy atom. The average Bonchev–Trinajstić information content (AvgIpc) is 2.45. The molecule has 0 aliphatic heterocycles. The normalized spacial score (nSPS) is 13.7. The van der Waals surface area contributed by atoms with Gasteiger partial charge in [0.25, 0.3) is 5.91 Å². The van der Waals surface area contributed by atoms with Crippen LogP contribution in [0.5, 0.6) is 5.75 Å². The summed E-state index contributed by atoms with van der Waals surface area (Å²) in [6.45, 7) is 1.11. The molecular weight excluding hydrogens is 242 g/mol. The average molecular weight is 263 g/mol. The van der Waals surface area contributed by atoms with E-state index in [0.717, 1.165) is 18.6 Å². The Hall–Kier alpha value is -1.55. The number of nitrogens with one attached hydrogen (secondary N) is 1. The molecule has 1 aromatic rings. The van der Waals surface area contributed by atoms with Crippen molar-refractivity contribution in [3.8, 4) is 5.75 Å². The van der Waals surface area contributed by atoms with Crippen LogP contribution in [0.3, 0.4) is 0 Å². The zero-order valence-electron chi connectivity index (χ0n) is 11.4. The van der Waals surface area contributed by atoms with Crippen molar-refractivity contribution in [2.75, 3.05) is 26.9 Å². The molecule has 104 valence electrons. The van der Waals surface area contributed by atoms with E-state index in [9.17, 15) is 4.79 Å². The summed E-state index contributed by atoms with van der Waals surface area (Å²) < 4.78 is 10.5. The standard InChI is InChI=1S/C15H21NO3/c1-18-10-9-16-15(17)11-19-14-8-4-6-12-5-2-3-7-13(12)14/h4,6,8H,2-3,5,7,9-11H2,1H3,(H,16,17). The van der Waals surface area contributed by atoms with Gasteiger partial charge in [-0.15, -0.1) is 0 Å². The molecule has 4 nitrogen and oxygen atoms in total. The summed E-state index contributed by atoms with van der Waals surface area (Å²) in [5.74, 6) is 0.754. The number of hydrogen-bond acceptors (Lipinski definition) is 3. The van der Waals surface area contributed by atoms with E-state index < -0.39 is 0 Å². The SMILES string of the molecule is COCCNC(=O)COc1cccc2c1CCCC2.